The van der Waals surface area contributed by atoms with E-state index in [2.05, 4.69) is 9.71 Å². The Hall–Kier alpha value is -0.170. The summed E-state index contributed by atoms with van der Waals surface area (Å²) in [6.45, 7) is 2.17. The highest BCUT2D eigenvalue weighted by atomic mass is 35.5. The molecular formula is C7H11ClN2O2S2. The Morgan fingerprint density at radius 3 is 2.86 bits per heavy atom. The third-order valence-corrected chi connectivity index (χ3v) is 4.13. The highest BCUT2D eigenvalue weighted by Gasteiger charge is 2.09. The number of thiazole rings is 1. The maximum Gasteiger partial charge on any atom is 0.213 e. The molecule has 0 amide bonds. The van der Waals surface area contributed by atoms with E-state index in [1.807, 2.05) is 6.92 Å². The van der Waals surface area contributed by atoms with Crippen LogP contribution in [0.15, 0.2) is 6.20 Å². The minimum Gasteiger partial charge on any atom is -0.250 e. The highest BCUT2D eigenvalue weighted by Crippen LogP contribution is 2.11. The molecule has 0 radical (unpaired) electrons. The third-order valence-electron chi connectivity index (χ3n) is 1.48. The molecule has 7 heteroatoms. The molecule has 1 heterocycles. The molecule has 0 unspecified atom stereocenters. The fourth-order valence-electron chi connectivity index (χ4n) is 0.842. The summed E-state index contributed by atoms with van der Waals surface area (Å²) < 4.78 is 24.8. The van der Waals surface area contributed by atoms with Gasteiger partial charge in [-0.1, -0.05) is 0 Å². The molecule has 0 fully saturated rings. The van der Waals surface area contributed by atoms with Gasteiger partial charge in [0.1, 0.15) is 0 Å². The Kier molecular flexibility index (Phi) is 4.31. The van der Waals surface area contributed by atoms with Crippen LogP contribution in [0.25, 0.3) is 0 Å². The van der Waals surface area contributed by atoms with Crippen molar-refractivity contribution >= 4 is 33.0 Å². The zero-order valence-electron chi connectivity index (χ0n) is 7.66. The average Bonchev–Trinajstić information content (AvgIpc) is 2.48. The Labute approximate surface area is 92.4 Å². The molecule has 80 valence electrons. The van der Waals surface area contributed by atoms with Crippen LogP contribution in [0.2, 0.25) is 0 Å². The van der Waals surface area contributed by atoms with Crippen molar-refractivity contribution in [1.82, 2.24) is 9.71 Å². The molecule has 0 saturated carbocycles. The number of rotatable bonds is 5. The number of aryl methyl sites for hydroxylation is 1. The normalized spacial score (nSPS) is 11.9. The molecule has 0 aromatic carbocycles. The number of nitrogens with one attached hydrogen (secondary N) is 1. The predicted molar refractivity (Wildman–Crippen MR) is 58.2 cm³/mol. The van der Waals surface area contributed by atoms with Gasteiger partial charge in [0.25, 0.3) is 0 Å². The fourth-order valence-corrected chi connectivity index (χ4v) is 3.00. The summed E-state index contributed by atoms with van der Waals surface area (Å²) in [7, 11) is -3.22. The number of alkyl halides is 1. The number of hydrogen-bond acceptors (Lipinski definition) is 4. The molecule has 0 atom stereocenters. The first-order valence-electron chi connectivity index (χ1n) is 3.98. The molecule has 0 aliphatic rings. The zero-order chi connectivity index (χ0) is 10.6. The molecule has 1 rings (SSSR count). The van der Waals surface area contributed by atoms with Crippen LogP contribution >= 0.6 is 22.9 Å². The van der Waals surface area contributed by atoms with Crippen molar-refractivity contribution < 1.29 is 8.42 Å². The van der Waals surface area contributed by atoms with Gasteiger partial charge in [-0.25, -0.2) is 18.1 Å². The molecule has 1 aromatic rings. The summed E-state index contributed by atoms with van der Waals surface area (Å²) in [5.41, 5.74) is 0. The van der Waals surface area contributed by atoms with Crippen molar-refractivity contribution in [3.05, 3.63) is 16.1 Å². The molecule has 0 saturated heterocycles. The van der Waals surface area contributed by atoms with Crippen LogP contribution in [-0.2, 0) is 16.6 Å². The van der Waals surface area contributed by atoms with E-state index in [0.717, 1.165) is 9.88 Å². The maximum atomic E-state index is 11.2. The van der Waals surface area contributed by atoms with E-state index in [1.54, 1.807) is 6.20 Å². The minimum atomic E-state index is -3.22. The largest absolute Gasteiger partial charge is 0.250 e. The first-order valence-corrected chi connectivity index (χ1v) is 6.98. The summed E-state index contributed by atoms with van der Waals surface area (Å²) in [6.07, 6.45) is 1.67. The number of nitrogens with zero attached hydrogens (tertiary/aromatic N) is 1. The lowest BCUT2D eigenvalue weighted by Crippen LogP contribution is -2.26. The Morgan fingerprint density at radius 1 is 1.64 bits per heavy atom. The van der Waals surface area contributed by atoms with E-state index in [9.17, 15) is 8.42 Å². The topological polar surface area (TPSA) is 59.1 Å². The number of halogens is 1. The van der Waals surface area contributed by atoms with E-state index in [4.69, 9.17) is 11.6 Å². The van der Waals surface area contributed by atoms with E-state index in [-0.39, 0.29) is 11.6 Å². The fraction of sp³-hybridized carbons (Fsp3) is 0.571. The van der Waals surface area contributed by atoms with E-state index < -0.39 is 10.0 Å². The lowest BCUT2D eigenvalue weighted by molar-refractivity contribution is 0.583. The summed E-state index contributed by atoms with van der Waals surface area (Å²) in [5, 5.41) is 0.927. The second kappa shape index (κ2) is 5.06. The average molecular weight is 255 g/mol. The summed E-state index contributed by atoms with van der Waals surface area (Å²) in [5.74, 6) is 0.0589. The monoisotopic (exact) mass is 254 g/mol. The van der Waals surface area contributed by atoms with Crippen molar-refractivity contribution in [3.63, 3.8) is 0 Å². The first kappa shape index (κ1) is 11.9. The molecule has 1 aromatic heterocycles. The van der Waals surface area contributed by atoms with Crippen LogP contribution in [0.3, 0.4) is 0 Å². The molecule has 4 nitrogen and oxygen atoms in total. The Balaban J connectivity index is 2.48. The van der Waals surface area contributed by atoms with Crippen LogP contribution in [0.4, 0.5) is 0 Å². The molecular weight excluding hydrogens is 244 g/mol. The van der Waals surface area contributed by atoms with E-state index in [1.165, 1.54) is 11.3 Å². The van der Waals surface area contributed by atoms with Crippen LogP contribution in [0.5, 0.6) is 0 Å². The lowest BCUT2D eigenvalue weighted by atomic mass is 10.6. The van der Waals surface area contributed by atoms with Gasteiger partial charge in [0.05, 0.1) is 10.8 Å². The van der Waals surface area contributed by atoms with Gasteiger partial charge in [-0.15, -0.1) is 22.9 Å². The first-order chi connectivity index (χ1) is 6.53. The molecule has 1 N–H and O–H groups in total. The van der Waals surface area contributed by atoms with Crippen molar-refractivity contribution in [2.24, 2.45) is 0 Å². The van der Waals surface area contributed by atoms with Gasteiger partial charge in [0.15, 0.2) is 0 Å². The molecule has 0 aliphatic heterocycles. The van der Waals surface area contributed by atoms with E-state index in [0.29, 0.717) is 6.54 Å². The van der Waals surface area contributed by atoms with Crippen molar-refractivity contribution in [1.29, 1.82) is 0 Å². The predicted octanol–water partition coefficient (Wildman–Crippen LogP) is 1.11. The summed E-state index contributed by atoms with van der Waals surface area (Å²) >= 11 is 6.82. The Bertz CT molecular complexity index is 388. The standard InChI is InChI=1S/C7H11ClN2O2S2/c1-6-9-4-7(13-6)5-10-14(11,12)3-2-8/h4,10H,2-3,5H2,1H3. The lowest BCUT2D eigenvalue weighted by Gasteiger charge is -2.01. The van der Waals surface area contributed by atoms with Gasteiger partial charge in [0, 0.05) is 23.5 Å². The summed E-state index contributed by atoms with van der Waals surface area (Å²) in [6, 6.07) is 0. The SMILES string of the molecule is Cc1ncc(CNS(=O)(=O)CCCl)s1. The number of sulfonamides is 1. The molecule has 0 aliphatic carbocycles. The van der Waals surface area contributed by atoms with Crippen LogP contribution in [0.1, 0.15) is 9.88 Å². The van der Waals surface area contributed by atoms with E-state index >= 15 is 0 Å². The zero-order valence-corrected chi connectivity index (χ0v) is 10.0. The third kappa shape index (κ3) is 3.91. The highest BCUT2D eigenvalue weighted by molar-refractivity contribution is 7.89. The summed E-state index contributed by atoms with van der Waals surface area (Å²) in [4.78, 5) is 4.92. The molecule has 14 heavy (non-hydrogen) atoms. The number of hydrogen-bond donors (Lipinski definition) is 1. The van der Waals surface area contributed by atoms with Gasteiger partial charge in [-0.3, -0.25) is 0 Å². The van der Waals surface area contributed by atoms with Crippen LogP contribution < -0.4 is 4.72 Å². The van der Waals surface area contributed by atoms with Crippen molar-refractivity contribution in [2.75, 3.05) is 11.6 Å². The van der Waals surface area contributed by atoms with Crippen LogP contribution in [-0.4, -0.2) is 25.0 Å². The molecule has 0 bridgehead atoms. The van der Waals surface area contributed by atoms with Gasteiger partial charge in [-0.05, 0) is 6.92 Å². The van der Waals surface area contributed by atoms with Crippen molar-refractivity contribution in [3.8, 4) is 0 Å². The van der Waals surface area contributed by atoms with Gasteiger partial charge in [0.2, 0.25) is 10.0 Å². The number of aromatic nitrogens is 1. The maximum absolute atomic E-state index is 11.2. The smallest absolute Gasteiger partial charge is 0.213 e. The second-order valence-corrected chi connectivity index (χ2v) is 6.30. The van der Waals surface area contributed by atoms with Crippen LogP contribution in [0, 0.1) is 6.92 Å². The van der Waals surface area contributed by atoms with Gasteiger partial charge >= 0.3 is 0 Å². The second-order valence-electron chi connectivity index (χ2n) is 2.67. The van der Waals surface area contributed by atoms with Crippen molar-refractivity contribution in [2.45, 2.75) is 13.5 Å². The minimum absolute atomic E-state index is 0.0493. The Morgan fingerprint density at radius 2 is 2.36 bits per heavy atom. The quantitative estimate of drug-likeness (QED) is 0.801. The molecule has 0 spiro atoms. The van der Waals surface area contributed by atoms with Gasteiger partial charge < -0.3 is 0 Å². The van der Waals surface area contributed by atoms with Gasteiger partial charge in [-0.2, -0.15) is 0 Å².